The van der Waals surface area contributed by atoms with Gasteiger partial charge in [0.2, 0.25) is 0 Å². The van der Waals surface area contributed by atoms with Crippen LogP contribution in [0.1, 0.15) is 17.7 Å². The molecule has 0 saturated heterocycles. The molecule has 0 atom stereocenters. The first kappa shape index (κ1) is 11.8. The number of nitrogens with zero attached hydrogens (tertiary/aromatic N) is 1. The number of para-hydroxylation sites is 2. The van der Waals surface area contributed by atoms with E-state index in [9.17, 15) is 0 Å². The molecule has 18 heavy (non-hydrogen) atoms. The third-order valence-electron chi connectivity index (χ3n) is 2.84. The number of hydrogen-bond donors (Lipinski definition) is 2. The second kappa shape index (κ2) is 5.16. The van der Waals surface area contributed by atoms with Gasteiger partial charge < -0.3 is 10.6 Å². The van der Waals surface area contributed by atoms with Gasteiger partial charge in [-0.05, 0) is 25.0 Å². The average Bonchev–Trinajstić information content (AvgIpc) is 3.09. The van der Waals surface area contributed by atoms with E-state index in [1.165, 1.54) is 29.9 Å². The lowest BCUT2D eigenvalue weighted by Gasteiger charge is -2.12. The first-order chi connectivity index (χ1) is 8.81. The van der Waals surface area contributed by atoms with Crippen molar-refractivity contribution in [1.82, 2.24) is 4.98 Å². The maximum absolute atomic E-state index is 5.82. The number of benzene rings is 1. The molecule has 1 aliphatic rings. The summed E-state index contributed by atoms with van der Waals surface area (Å²) < 4.78 is 0.594. The standard InChI is InChI=1S/C13H14ClN3S/c14-13-16-8-10(18-13)7-15-11-3-1-2-4-12(11)17-9-5-6-9/h1-4,8-9,15,17H,5-7H2. The Balaban J connectivity index is 1.67. The minimum Gasteiger partial charge on any atom is -0.381 e. The normalized spacial score (nSPS) is 14.5. The Hall–Kier alpha value is -1.26. The fourth-order valence-electron chi connectivity index (χ4n) is 1.76. The van der Waals surface area contributed by atoms with Crippen LogP contribution in [0.4, 0.5) is 11.4 Å². The lowest BCUT2D eigenvalue weighted by molar-refractivity contribution is 1.13. The van der Waals surface area contributed by atoms with Gasteiger partial charge >= 0.3 is 0 Å². The fourth-order valence-corrected chi connectivity index (χ4v) is 2.68. The van der Waals surface area contributed by atoms with Gasteiger partial charge in [-0.3, -0.25) is 0 Å². The Morgan fingerprint density at radius 3 is 2.72 bits per heavy atom. The van der Waals surface area contributed by atoms with Crippen molar-refractivity contribution >= 4 is 34.3 Å². The van der Waals surface area contributed by atoms with Gasteiger partial charge in [0.05, 0.1) is 17.9 Å². The van der Waals surface area contributed by atoms with Crippen LogP contribution in [-0.2, 0) is 6.54 Å². The quantitative estimate of drug-likeness (QED) is 0.869. The van der Waals surface area contributed by atoms with Crippen molar-refractivity contribution < 1.29 is 0 Å². The molecular weight excluding hydrogens is 266 g/mol. The molecular formula is C13H14ClN3S. The first-order valence-electron chi connectivity index (χ1n) is 6.01. The van der Waals surface area contributed by atoms with E-state index in [-0.39, 0.29) is 0 Å². The number of aromatic nitrogens is 1. The third kappa shape index (κ3) is 2.94. The molecule has 3 nitrogen and oxygen atoms in total. The van der Waals surface area contributed by atoms with E-state index in [2.05, 4.69) is 33.8 Å². The molecule has 94 valence electrons. The first-order valence-corrected chi connectivity index (χ1v) is 7.20. The second-order valence-electron chi connectivity index (χ2n) is 4.40. The molecule has 2 N–H and O–H groups in total. The van der Waals surface area contributed by atoms with E-state index >= 15 is 0 Å². The summed E-state index contributed by atoms with van der Waals surface area (Å²) in [7, 11) is 0. The van der Waals surface area contributed by atoms with Gasteiger partial charge in [0, 0.05) is 17.1 Å². The van der Waals surface area contributed by atoms with Crippen molar-refractivity contribution in [3.05, 3.63) is 39.8 Å². The molecule has 0 unspecified atom stereocenters. The number of hydrogen-bond acceptors (Lipinski definition) is 4. The third-order valence-corrected chi connectivity index (χ3v) is 3.96. The van der Waals surface area contributed by atoms with Crippen LogP contribution in [0.25, 0.3) is 0 Å². The lowest BCUT2D eigenvalue weighted by atomic mass is 10.2. The maximum Gasteiger partial charge on any atom is 0.183 e. The molecule has 1 saturated carbocycles. The summed E-state index contributed by atoms with van der Waals surface area (Å²) >= 11 is 7.33. The highest BCUT2D eigenvalue weighted by molar-refractivity contribution is 7.15. The maximum atomic E-state index is 5.82. The second-order valence-corrected chi connectivity index (χ2v) is 6.09. The molecule has 0 radical (unpaired) electrons. The highest BCUT2D eigenvalue weighted by atomic mass is 35.5. The topological polar surface area (TPSA) is 37.0 Å². The van der Waals surface area contributed by atoms with Crippen LogP contribution in [0, 0.1) is 0 Å². The van der Waals surface area contributed by atoms with Gasteiger partial charge in [-0.15, -0.1) is 11.3 Å². The van der Waals surface area contributed by atoms with E-state index < -0.39 is 0 Å². The minimum atomic E-state index is 0.594. The van der Waals surface area contributed by atoms with Gasteiger partial charge in [-0.1, -0.05) is 23.7 Å². The van der Waals surface area contributed by atoms with E-state index in [0.29, 0.717) is 10.5 Å². The van der Waals surface area contributed by atoms with Crippen LogP contribution in [0.5, 0.6) is 0 Å². The number of halogens is 1. The summed E-state index contributed by atoms with van der Waals surface area (Å²) in [4.78, 5) is 5.18. The molecule has 1 aliphatic carbocycles. The smallest absolute Gasteiger partial charge is 0.183 e. The zero-order valence-corrected chi connectivity index (χ0v) is 11.4. The highest BCUT2D eigenvalue weighted by Crippen LogP contribution is 2.29. The molecule has 0 amide bonds. The summed E-state index contributed by atoms with van der Waals surface area (Å²) in [6, 6.07) is 8.96. The fraction of sp³-hybridized carbons (Fsp3) is 0.308. The van der Waals surface area contributed by atoms with Crippen molar-refractivity contribution in [2.75, 3.05) is 10.6 Å². The van der Waals surface area contributed by atoms with Crippen molar-refractivity contribution in [1.29, 1.82) is 0 Å². The monoisotopic (exact) mass is 279 g/mol. The van der Waals surface area contributed by atoms with Crippen LogP contribution in [0.3, 0.4) is 0 Å². The van der Waals surface area contributed by atoms with Gasteiger partial charge in [0.15, 0.2) is 4.47 Å². The number of anilines is 2. The Kier molecular flexibility index (Phi) is 3.39. The van der Waals surface area contributed by atoms with E-state index in [1.54, 1.807) is 0 Å². The van der Waals surface area contributed by atoms with Crippen LogP contribution in [0.2, 0.25) is 4.47 Å². The van der Waals surface area contributed by atoms with Crippen molar-refractivity contribution in [2.45, 2.75) is 25.4 Å². The lowest BCUT2D eigenvalue weighted by Crippen LogP contribution is -2.05. The van der Waals surface area contributed by atoms with Gasteiger partial charge in [0.1, 0.15) is 0 Å². The zero-order chi connectivity index (χ0) is 12.4. The Morgan fingerprint density at radius 1 is 1.28 bits per heavy atom. The average molecular weight is 280 g/mol. The minimum absolute atomic E-state index is 0.594. The van der Waals surface area contributed by atoms with Gasteiger partial charge in [0.25, 0.3) is 0 Å². The van der Waals surface area contributed by atoms with E-state index in [1.807, 2.05) is 12.3 Å². The summed E-state index contributed by atoms with van der Waals surface area (Å²) in [6.07, 6.45) is 4.37. The summed E-state index contributed by atoms with van der Waals surface area (Å²) in [5.74, 6) is 0. The number of nitrogens with one attached hydrogen (secondary N) is 2. The van der Waals surface area contributed by atoms with E-state index in [4.69, 9.17) is 11.6 Å². The van der Waals surface area contributed by atoms with Gasteiger partial charge in [-0.2, -0.15) is 0 Å². The molecule has 5 heteroatoms. The molecule has 3 rings (SSSR count). The van der Waals surface area contributed by atoms with Crippen LogP contribution in [0.15, 0.2) is 30.5 Å². The van der Waals surface area contributed by atoms with Crippen LogP contribution in [-0.4, -0.2) is 11.0 Å². The summed E-state index contributed by atoms with van der Waals surface area (Å²) in [5.41, 5.74) is 2.31. The summed E-state index contributed by atoms with van der Waals surface area (Å²) in [6.45, 7) is 0.758. The van der Waals surface area contributed by atoms with Crippen molar-refractivity contribution in [2.24, 2.45) is 0 Å². The summed E-state index contributed by atoms with van der Waals surface area (Å²) in [5, 5.41) is 6.95. The van der Waals surface area contributed by atoms with Crippen molar-refractivity contribution in [3.63, 3.8) is 0 Å². The molecule has 0 aliphatic heterocycles. The SMILES string of the molecule is Clc1ncc(CNc2ccccc2NC2CC2)s1. The predicted octanol–water partition coefficient (Wildman–Crippen LogP) is 3.98. The Labute approximate surface area is 115 Å². The van der Waals surface area contributed by atoms with E-state index in [0.717, 1.165) is 17.1 Å². The van der Waals surface area contributed by atoms with Crippen LogP contribution >= 0.6 is 22.9 Å². The molecule has 1 aromatic carbocycles. The largest absolute Gasteiger partial charge is 0.381 e. The molecule has 1 aromatic heterocycles. The zero-order valence-electron chi connectivity index (χ0n) is 9.82. The molecule has 2 aromatic rings. The molecule has 0 spiro atoms. The van der Waals surface area contributed by atoms with Crippen molar-refractivity contribution in [3.8, 4) is 0 Å². The van der Waals surface area contributed by atoms with Crippen LogP contribution < -0.4 is 10.6 Å². The Morgan fingerprint density at radius 2 is 2.06 bits per heavy atom. The number of thiazole rings is 1. The highest BCUT2D eigenvalue weighted by Gasteiger charge is 2.21. The molecule has 1 heterocycles. The predicted molar refractivity (Wildman–Crippen MR) is 77.5 cm³/mol. The molecule has 1 fully saturated rings. The molecule has 0 bridgehead atoms. The number of rotatable bonds is 5. The van der Waals surface area contributed by atoms with Gasteiger partial charge in [-0.25, -0.2) is 4.98 Å². The Bertz CT molecular complexity index is 537.